The molecule has 0 aromatic heterocycles. The summed E-state index contributed by atoms with van der Waals surface area (Å²) in [4.78, 5) is 0. The third-order valence-electron chi connectivity index (χ3n) is 2.85. The summed E-state index contributed by atoms with van der Waals surface area (Å²) in [5.41, 5.74) is 3.81. The van der Waals surface area contributed by atoms with Crippen LogP contribution in [0.15, 0.2) is 54.8 Å². The standard InChI is InChI=1S/C15H12O/c1-2-6-13-11-14-7-3-4-8-15(14)16-10-9-12(13)5-1/h1-10H,11H2. The van der Waals surface area contributed by atoms with Crippen LogP contribution in [0.3, 0.4) is 0 Å². The second-order valence-corrected chi connectivity index (χ2v) is 3.90. The van der Waals surface area contributed by atoms with Gasteiger partial charge in [0.05, 0.1) is 6.26 Å². The molecule has 0 saturated heterocycles. The Morgan fingerprint density at radius 3 is 2.50 bits per heavy atom. The van der Waals surface area contributed by atoms with E-state index >= 15 is 0 Å². The predicted octanol–water partition coefficient (Wildman–Crippen LogP) is 3.64. The van der Waals surface area contributed by atoms with Gasteiger partial charge in [0.25, 0.3) is 0 Å². The lowest BCUT2D eigenvalue weighted by molar-refractivity contribution is 0.478. The van der Waals surface area contributed by atoms with Crippen molar-refractivity contribution >= 4 is 6.08 Å². The number of benzene rings is 2. The first-order chi connectivity index (χ1) is 7.93. The topological polar surface area (TPSA) is 9.23 Å². The highest BCUT2D eigenvalue weighted by atomic mass is 16.5. The van der Waals surface area contributed by atoms with E-state index in [-0.39, 0.29) is 0 Å². The molecule has 0 amide bonds. The number of ether oxygens (including phenoxy) is 1. The van der Waals surface area contributed by atoms with E-state index in [4.69, 9.17) is 4.74 Å². The lowest BCUT2D eigenvalue weighted by atomic mass is 9.98. The minimum Gasteiger partial charge on any atom is -0.465 e. The number of hydrogen-bond donors (Lipinski definition) is 0. The van der Waals surface area contributed by atoms with E-state index in [1.165, 1.54) is 16.7 Å². The summed E-state index contributed by atoms with van der Waals surface area (Å²) in [5.74, 6) is 0.952. The molecule has 78 valence electrons. The molecule has 0 spiro atoms. The SMILES string of the molecule is C1=Cc2ccccc2Cc2ccccc2O1. The Kier molecular flexibility index (Phi) is 2.22. The molecule has 1 nitrogen and oxygen atoms in total. The van der Waals surface area contributed by atoms with Crippen LogP contribution in [0.25, 0.3) is 6.08 Å². The van der Waals surface area contributed by atoms with E-state index in [2.05, 4.69) is 36.4 Å². The summed E-state index contributed by atoms with van der Waals surface area (Å²) in [6.45, 7) is 0. The summed E-state index contributed by atoms with van der Waals surface area (Å²) >= 11 is 0. The van der Waals surface area contributed by atoms with Crippen molar-refractivity contribution < 1.29 is 4.74 Å². The van der Waals surface area contributed by atoms with E-state index in [1.807, 2.05) is 18.2 Å². The first kappa shape index (κ1) is 9.22. The van der Waals surface area contributed by atoms with Crippen LogP contribution in [0.5, 0.6) is 5.75 Å². The quantitative estimate of drug-likeness (QED) is 0.642. The summed E-state index contributed by atoms with van der Waals surface area (Å²) in [7, 11) is 0. The maximum absolute atomic E-state index is 5.60. The van der Waals surface area contributed by atoms with Crippen molar-refractivity contribution in [1.29, 1.82) is 0 Å². The highest BCUT2D eigenvalue weighted by molar-refractivity contribution is 5.56. The van der Waals surface area contributed by atoms with Crippen molar-refractivity contribution in [1.82, 2.24) is 0 Å². The van der Waals surface area contributed by atoms with Gasteiger partial charge in [-0.15, -0.1) is 0 Å². The van der Waals surface area contributed by atoms with Gasteiger partial charge in [0.15, 0.2) is 0 Å². The van der Waals surface area contributed by atoms with Gasteiger partial charge in [-0.1, -0.05) is 42.5 Å². The fourth-order valence-corrected chi connectivity index (χ4v) is 2.01. The van der Waals surface area contributed by atoms with Crippen LogP contribution in [-0.2, 0) is 6.42 Å². The molecule has 0 unspecified atom stereocenters. The zero-order valence-electron chi connectivity index (χ0n) is 8.89. The van der Waals surface area contributed by atoms with Gasteiger partial charge in [-0.3, -0.25) is 0 Å². The Morgan fingerprint density at radius 2 is 1.56 bits per heavy atom. The van der Waals surface area contributed by atoms with Crippen LogP contribution >= 0.6 is 0 Å². The zero-order valence-corrected chi connectivity index (χ0v) is 8.89. The Hall–Kier alpha value is -2.02. The van der Waals surface area contributed by atoms with Crippen LogP contribution in [-0.4, -0.2) is 0 Å². The maximum Gasteiger partial charge on any atom is 0.130 e. The fourth-order valence-electron chi connectivity index (χ4n) is 2.01. The third-order valence-corrected chi connectivity index (χ3v) is 2.85. The third kappa shape index (κ3) is 1.61. The molecule has 1 heteroatoms. The summed E-state index contributed by atoms with van der Waals surface area (Å²) in [6, 6.07) is 16.6. The first-order valence-electron chi connectivity index (χ1n) is 5.42. The second-order valence-electron chi connectivity index (χ2n) is 3.90. The van der Waals surface area contributed by atoms with Gasteiger partial charge in [-0.05, 0) is 28.8 Å². The second kappa shape index (κ2) is 3.86. The molecule has 1 aliphatic rings. The fraction of sp³-hybridized carbons (Fsp3) is 0.0667. The molecule has 0 bridgehead atoms. The molecule has 16 heavy (non-hydrogen) atoms. The molecule has 0 radical (unpaired) electrons. The van der Waals surface area contributed by atoms with Gasteiger partial charge in [0.1, 0.15) is 5.75 Å². The number of para-hydroxylation sites is 1. The summed E-state index contributed by atoms with van der Waals surface area (Å²) < 4.78 is 5.60. The zero-order chi connectivity index (χ0) is 10.8. The minimum atomic E-state index is 0.927. The van der Waals surface area contributed by atoms with Gasteiger partial charge >= 0.3 is 0 Å². The smallest absolute Gasteiger partial charge is 0.130 e. The molecule has 2 aromatic carbocycles. The van der Waals surface area contributed by atoms with Gasteiger partial charge in [0.2, 0.25) is 0 Å². The molecule has 0 atom stereocenters. The van der Waals surface area contributed by atoms with Crippen LogP contribution in [0.2, 0.25) is 0 Å². The largest absolute Gasteiger partial charge is 0.465 e. The summed E-state index contributed by atoms with van der Waals surface area (Å²) in [6.07, 6.45) is 4.71. The van der Waals surface area contributed by atoms with Crippen molar-refractivity contribution in [2.45, 2.75) is 6.42 Å². The Morgan fingerprint density at radius 1 is 0.812 bits per heavy atom. The number of rotatable bonds is 0. The normalized spacial score (nSPS) is 13.0. The Balaban J connectivity index is 2.13. The van der Waals surface area contributed by atoms with E-state index < -0.39 is 0 Å². The molecule has 0 fully saturated rings. The van der Waals surface area contributed by atoms with Crippen molar-refractivity contribution in [3.05, 3.63) is 71.5 Å². The predicted molar refractivity (Wildman–Crippen MR) is 65.4 cm³/mol. The summed E-state index contributed by atoms with van der Waals surface area (Å²) in [5, 5.41) is 0. The van der Waals surface area contributed by atoms with E-state index in [1.54, 1.807) is 6.26 Å². The van der Waals surface area contributed by atoms with Crippen molar-refractivity contribution in [2.24, 2.45) is 0 Å². The lowest BCUT2D eigenvalue weighted by Crippen LogP contribution is -1.98. The molecule has 0 N–H and O–H groups in total. The van der Waals surface area contributed by atoms with Crippen molar-refractivity contribution in [3.8, 4) is 5.75 Å². The molecule has 1 heterocycles. The van der Waals surface area contributed by atoms with E-state index in [0.717, 1.165) is 12.2 Å². The van der Waals surface area contributed by atoms with Gasteiger partial charge in [-0.25, -0.2) is 0 Å². The number of hydrogen-bond acceptors (Lipinski definition) is 1. The van der Waals surface area contributed by atoms with Crippen molar-refractivity contribution in [2.75, 3.05) is 0 Å². The number of fused-ring (bicyclic) bond motifs is 2. The van der Waals surface area contributed by atoms with E-state index in [0.29, 0.717) is 0 Å². The molecular formula is C15H12O. The lowest BCUT2D eigenvalue weighted by Gasteiger charge is -2.13. The molecular weight excluding hydrogens is 196 g/mol. The van der Waals surface area contributed by atoms with Crippen LogP contribution in [0.1, 0.15) is 16.7 Å². The average Bonchev–Trinajstić information content (AvgIpc) is 2.29. The molecule has 0 saturated carbocycles. The van der Waals surface area contributed by atoms with E-state index in [9.17, 15) is 0 Å². The molecule has 0 aliphatic carbocycles. The average molecular weight is 208 g/mol. The van der Waals surface area contributed by atoms with Crippen LogP contribution in [0.4, 0.5) is 0 Å². The van der Waals surface area contributed by atoms with Gasteiger partial charge in [-0.2, -0.15) is 0 Å². The maximum atomic E-state index is 5.60. The Bertz CT molecular complexity index is 541. The minimum absolute atomic E-state index is 0.927. The molecule has 2 aromatic rings. The van der Waals surface area contributed by atoms with Gasteiger partial charge < -0.3 is 4.74 Å². The highest BCUT2D eigenvalue weighted by Crippen LogP contribution is 2.25. The van der Waals surface area contributed by atoms with Crippen LogP contribution in [0, 0.1) is 0 Å². The Labute approximate surface area is 95.0 Å². The van der Waals surface area contributed by atoms with Gasteiger partial charge in [0, 0.05) is 6.42 Å². The monoisotopic (exact) mass is 208 g/mol. The van der Waals surface area contributed by atoms with Crippen molar-refractivity contribution in [3.63, 3.8) is 0 Å². The molecule has 3 rings (SSSR count). The molecule has 1 aliphatic heterocycles. The van der Waals surface area contributed by atoms with Crippen LogP contribution < -0.4 is 4.74 Å². The highest BCUT2D eigenvalue weighted by Gasteiger charge is 2.08. The first-order valence-corrected chi connectivity index (χ1v) is 5.42.